The minimum atomic E-state index is -0.621. The molecule has 1 fully saturated rings. The Balaban J connectivity index is 1.91. The molecular formula is C17H14Br2FNO. The van der Waals surface area contributed by atoms with Crippen molar-refractivity contribution >= 4 is 43.5 Å². The SMILES string of the molecule is O=C(Nc1cc(Br)ccc1Br)C1(c2cccc(F)c2)CCC1. The van der Waals surface area contributed by atoms with E-state index >= 15 is 0 Å². The van der Waals surface area contributed by atoms with E-state index in [0.717, 1.165) is 33.8 Å². The largest absolute Gasteiger partial charge is 0.324 e. The Labute approximate surface area is 145 Å². The van der Waals surface area contributed by atoms with Crippen LogP contribution in [-0.2, 0) is 10.2 Å². The molecule has 2 aromatic rings. The molecule has 1 N–H and O–H groups in total. The number of carbonyl (C=O) groups is 1. The van der Waals surface area contributed by atoms with Crippen molar-refractivity contribution in [2.45, 2.75) is 24.7 Å². The average molecular weight is 427 g/mol. The van der Waals surface area contributed by atoms with Gasteiger partial charge in [-0.2, -0.15) is 0 Å². The van der Waals surface area contributed by atoms with Gasteiger partial charge in [0.15, 0.2) is 0 Å². The quantitative estimate of drug-likeness (QED) is 0.698. The Kier molecular flexibility index (Phi) is 4.37. The lowest BCUT2D eigenvalue weighted by molar-refractivity contribution is -0.124. The van der Waals surface area contributed by atoms with E-state index in [2.05, 4.69) is 37.2 Å². The first-order valence-corrected chi connectivity index (χ1v) is 8.62. The van der Waals surface area contributed by atoms with Gasteiger partial charge < -0.3 is 5.32 Å². The molecule has 0 saturated heterocycles. The van der Waals surface area contributed by atoms with E-state index in [1.807, 2.05) is 24.3 Å². The van der Waals surface area contributed by atoms with Gasteiger partial charge in [-0.3, -0.25) is 4.79 Å². The number of anilines is 1. The van der Waals surface area contributed by atoms with Crippen molar-refractivity contribution in [1.29, 1.82) is 0 Å². The third-order valence-electron chi connectivity index (χ3n) is 4.20. The molecule has 2 aromatic carbocycles. The maximum Gasteiger partial charge on any atom is 0.235 e. The number of rotatable bonds is 3. The molecule has 0 heterocycles. The van der Waals surface area contributed by atoms with Crippen molar-refractivity contribution in [2.24, 2.45) is 0 Å². The van der Waals surface area contributed by atoms with Crippen LogP contribution < -0.4 is 5.32 Å². The van der Waals surface area contributed by atoms with E-state index in [-0.39, 0.29) is 11.7 Å². The fourth-order valence-electron chi connectivity index (χ4n) is 2.80. The zero-order valence-corrected chi connectivity index (χ0v) is 14.9. The fraction of sp³-hybridized carbons (Fsp3) is 0.235. The summed E-state index contributed by atoms with van der Waals surface area (Å²) in [5.74, 6) is -0.386. The molecule has 0 atom stereocenters. The predicted octanol–water partition coefficient (Wildman–Crippen LogP) is 5.41. The number of hydrogen-bond donors (Lipinski definition) is 1. The fourth-order valence-corrected chi connectivity index (χ4v) is 3.51. The van der Waals surface area contributed by atoms with Crippen molar-refractivity contribution in [3.63, 3.8) is 0 Å². The molecule has 1 aliphatic carbocycles. The smallest absolute Gasteiger partial charge is 0.235 e. The van der Waals surface area contributed by atoms with Crippen LogP contribution >= 0.6 is 31.9 Å². The van der Waals surface area contributed by atoms with Gasteiger partial charge in [0, 0.05) is 8.95 Å². The average Bonchev–Trinajstić information content (AvgIpc) is 2.42. The lowest BCUT2D eigenvalue weighted by atomic mass is 9.63. The summed E-state index contributed by atoms with van der Waals surface area (Å²) in [7, 11) is 0. The highest BCUT2D eigenvalue weighted by Gasteiger charge is 2.45. The molecule has 0 aromatic heterocycles. The highest BCUT2D eigenvalue weighted by atomic mass is 79.9. The molecule has 5 heteroatoms. The van der Waals surface area contributed by atoms with Crippen molar-refractivity contribution in [2.75, 3.05) is 5.32 Å². The Hall–Kier alpha value is -1.20. The van der Waals surface area contributed by atoms with Gasteiger partial charge in [-0.05, 0) is 64.7 Å². The lowest BCUT2D eigenvalue weighted by Gasteiger charge is -2.40. The van der Waals surface area contributed by atoms with Gasteiger partial charge in [0.05, 0.1) is 11.1 Å². The molecule has 2 nitrogen and oxygen atoms in total. The molecule has 22 heavy (non-hydrogen) atoms. The van der Waals surface area contributed by atoms with Crippen LogP contribution in [0.4, 0.5) is 10.1 Å². The van der Waals surface area contributed by atoms with Crippen LogP contribution in [0.5, 0.6) is 0 Å². The Morgan fingerprint density at radius 1 is 1.14 bits per heavy atom. The van der Waals surface area contributed by atoms with Crippen molar-refractivity contribution in [3.8, 4) is 0 Å². The van der Waals surface area contributed by atoms with Crippen LogP contribution in [0.3, 0.4) is 0 Å². The van der Waals surface area contributed by atoms with E-state index in [4.69, 9.17) is 0 Å². The molecule has 1 amide bonds. The van der Waals surface area contributed by atoms with Gasteiger partial charge in [-0.15, -0.1) is 0 Å². The van der Waals surface area contributed by atoms with E-state index in [0.29, 0.717) is 5.69 Å². The number of nitrogens with one attached hydrogen (secondary N) is 1. The normalized spacial score (nSPS) is 16.0. The molecule has 0 radical (unpaired) electrons. The first kappa shape index (κ1) is 15.7. The lowest BCUT2D eigenvalue weighted by Crippen LogP contribution is -2.46. The molecule has 3 rings (SSSR count). The van der Waals surface area contributed by atoms with E-state index < -0.39 is 5.41 Å². The second-order valence-corrected chi connectivity index (χ2v) is 7.29. The van der Waals surface area contributed by atoms with E-state index in [1.165, 1.54) is 12.1 Å². The van der Waals surface area contributed by atoms with Crippen LogP contribution in [0.1, 0.15) is 24.8 Å². The Morgan fingerprint density at radius 3 is 2.55 bits per heavy atom. The molecule has 0 aliphatic heterocycles. The minimum absolute atomic E-state index is 0.0804. The molecule has 0 bridgehead atoms. The van der Waals surface area contributed by atoms with Crippen LogP contribution in [0.15, 0.2) is 51.4 Å². The molecular weight excluding hydrogens is 413 g/mol. The Bertz CT molecular complexity index is 728. The maximum atomic E-state index is 13.5. The van der Waals surface area contributed by atoms with Gasteiger partial charge in [0.1, 0.15) is 5.82 Å². The highest BCUT2D eigenvalue weighted by molar-refractivity contribution is 9.11. The first-order valence-electron chi connectivity index (χ1n) is 7.04. The second-order valence-electron chi connectivity index (χ2n) is 5.52. The number of hydrogen-bond acceptors (Lipinski definition) is 1. The van der Waals surface area contributed by atoms with Gasteiger partial charge in [0.25, 0.3) is 0 Å². The minimum Gasteiger partial charge on any atom is -0.324 e. The van der Waals surface area contributed by atoms with Crippen molar-refractivity contribution in [3.05, 3.63) is 62.8 Å². The summed E-state index contributed by atoms with van der Waals surface area (Å²) in [5.41, 5.74) is 0.841. The molecule has 1 saturated carbocycles. The summed E-state index contributed by atoms with van der Waals surface area (Å²) >= 11 is 6.84. The summed E-state index contributed by atoms with van der Waals surface area (Å²) in [6.45, 7) is 0. The third-order valence-corrected chi connectivity index (χ3v) is 5.38. The summed E-state index contributed by atoms with van der Waals surface area (Å²) in [6.07, 6.45) is 2.46. The summed E-state index contributed by atoms with van der Waals surface area (Å²) in [4.78, 5) is 12.8. The summed E-state index contributed by atoms with van der Waals surface area (Å²) < 4.78 is 15.2. The van der Waals surface area contributed by atoms with Gasteiger partial charge >= 0.3 is 0 Å². The van der Waals surface area contributed by atoms with Crippen LogP contribution in [0.2, 0.25) is 0 Å². The third kappa shape index (κ3) is 2.84. The van der Waals surface area contributed by atoms with Gasteiger partial charge in [-0.1, -0.05) is 34.5 Å². The van der Waals surface area contributed by atoms with E-state index in [9.17, 15) is 9.18 Å². The first-order chi connectivity index (χ1) is 10.5. The van der Waals surface area contributed by atoms with Crippen LogP contribution in [-0.4, -0.2) is 5.91 Å². The zero-order chi connectivity index (χ0) is 15.7. The number of halogens is 3. The number of amides is 1. The standard InChI is InChI=1S/C17H14Br2FNO/c18-12-5-6-14(19)15(10-12)21-16(22)17(7-2-8-17)11-3-1-4-13(20)9-11/h1,3-6,9-10H,2,7-8H2,(H,21,22). The zero-order valence-electron chi connectivity index (χ0n) is 11.7. The summed E-state index contributed by atoms with van der Waals surface area (Å²) in [6, 6.07) is 12.0. The molecule has 0 spiro atoms. The maximum absolute atomic E-state index is 13.5. The second kappa shape index (κ2) is 6.13. The van der Waals surface area contributed by atoms with Gasteiger partial charge in [0.2, 0.25) is 5.91 Å². The number of carbonyl (C=O) groups excluding carboxylic acids is 1. The monoisotopic (exact) mass is 425 g/mol. The topological polar surface area (TPSA) is 29.1 Å². The Morgan fingerprint density at radius 2 is 1.91 bits per heavy atom. The molecule has 1 aliphatic rings. The molecule has 0 unspecified atom stereocenters. The summed E-state index contributed by atoms with van der Waals surface area (Å²) in [5, 5.41) is 2.97. The van der Waals surface area contributed by atoms with Crippen molar-refractivity contribution < 1.29 is 9.18 Å². The predicted molar refractivity (Wildman–Crippen MR) is 92.4 cm³/mol. The van der Waals surface area contributed by atoms with Crippen molar-refractivity contribution in [1.82, 2.24) is 0 Å². The molecule has 114 valence electrons. The van der Waals surface area contributed by atoms with Crippen LogP contribution in [0.25, 0.3) is 0 Å². The number of benzene rings is 2. The highest BCUT2D eigenvalue weighted by Crippen LogP contribution is 2.45. The van der Waals surface area contributed by atoms with Gasteiger partial charge in [-0.25, -0.2) is 4.39 Å². The van der Waals surface area contributed by atoms with Crippen LogP contribution in [0, 0.1) is 5.82 Å². The van der Waals surface area contributed by atoms with E-state index in [1.54, 1.807) is 6.07 Å².